The van der Waals surface area contributed by atoms with Crippen LogP contribution in [0, 0.1) is 11.3 Å². The lowest BCUT2D eigenvalue weighted by atomic mass is 9.95. The predicted octanol–water partition coefficient (Wildman–Crippen LogP) is 3.29. The number of fused-ring (bicyclic) bond motifs is 1. The van der Waals surface area contributed by atoms with Crippen LogP contribution in [0.4, 0.5) is 0 Å². The van der Waals surface area contributed by atoms with E-state index in [1.165, 1.54) is 6.42 Å². The van der Waals surface area contributed by atoms with Gasteiger partial charge in [-0.05, 0) is 37.8 Å². The van der Waals surface area contributed by atoms with Crippen LogP contribution in [-0.2, 0) is 20.9 Å². The van der Waals surface area contributed by atoms with Gasteiger partial charge in [-0.3, -0.25) is 9.59 Å². The molecule has 1 aromatic heterocycles. The van der Waals surface area contributed by atoms with Crippen molar-refractivity contribution in [2.75, 3.05) is 13.2 Å². The Kier molecular flexibility index (Phi) is 7.23. The fraction of sp³-hybridized carbons (Fsp3) is 0.480. The van der Waals surface area contributed by atoms with Crippen molar-refractivity contribution in [2.24, 2.45) is 0 Å². The summed E-state index contributed by atoms with van der Waals surface area (Å²) in [5, 5.41) is 16.5. The molecule has 1 atom stereocenters. The third-order valence-electron chi connectivity index (χ3n) is 6.29. The van der Waals surface area contributed by atoms with Crippen LogP contribution in [0.5, 0.6) is 0 Å². The first-order valence-electron chi connectivity index (χ1n) is 11.5. The number of nitriles is 1. The van der Waals surface area contributed by atoms with E-state index < -0.39 is 0 Å². The maximum absolute atomic E-state index is 12.7. The number of aromatic nitrogens is 1. The van der Waals surface area contributed by atoms with Crippen LogP contribution in [0.3, 0.4) is 0 Å². The lowest BCUT2D eigenvalue weighted by molar-refractivity contribution is -0.122. The SMILES string of the molecule is N#C/C(=C\c1cn(CC(=O)NCC2CCCO2)c2ccccc12)C(=O)NC1CCCCC1. The molecule has 1 aliphatic heterocycles. The zero-order valence-electron chi connectivity index (χ0n) is 18.3. The first-order chi connectivity index (χ1) is 15.6. The van der Waals surface area contributed by atoms with Gasteiger partial charge in [-0.15, -0.1) is 0 Å². The summed E-state index contributed by atoms with van der Waals surface area (Å²) in [5.74, 6) is -0.419. The fourth-order valence-corrected chi connectivity index (χ4v) is 4.58. The summed E-state index contributed by atoms with van der Waals surface area (Å²) in [6.45, 7) is 1.44. The van der Waals surface area contributed by atoms with Gasteiger partial charge in [0.1, 0.15) is 18.2 Å². The molecular weight excluding hydrogens is 404 g/mol. The highest BCUT2D eigenvalue weighted by Gasteiger charge is 2.20. The number of hydrogen-bond donors (Lipinski definition) is 2. The van der Waals surface area contributed by atoms with E-state index in [2.05, 4.69) is 16.7 Å². The molecule has 7 nitrogen and oxygen atoms in total. The Morgan fingerprint density at radius 1 is 1.16 bits per heavy atom. The summed E-state index contributed by atoms with van der Waals surface area (Å²) in [6.07, 6.45) is 10.9. The molecular formula is C25H30N4O3. The Morgan fingerprint density at radius 3 is 2.72 bits per heavy atom. The van der Waals surface area contributed by atoms with Gasteiger partial charge in [-0.25, -0.2) is 0 Å². The topological polar surface area (TPSA) is 96.2 Å². The Bertz CT molecular complexity index is 1040. The van der Waals surface area contributed by atoms with Crippen LogP contribution >= 0.6 is 0 Å². The quantitative estimate of drug-likeness (QED) is 0.516. The van der Waals surface area contributed by atoms with E-state index in [1.807, 2.05) is 35.0 Å². The molecule has 0 bridgehead atoms. The predicted molar refractivity (Wildman–Crippen MR) is 123 cm³/mol. The lowest BCUT2D eigenvalue weighted by Crippen LogP contribution is -2.36. The molecule has 2 amide bonds. The monoisotopic (exact) mass is 434 g/mol. The first kappa shape index (κ1) is 22.1. The Balaban J connectivity index is 1.49. The molecule has 32 heavy (non-hydrogen) atoms. The van der Waals surface area contributed by atoms with Gasteiger partial charge >= 0.3 is 0 Å². The smallest absolute Gasteiger partial charge is 0.262 e. The number of hydrogen-bond acceptors (Lipinski definition) is 4. The number of para-hydroxylation sites is 1. The van der Waals surface area contributed by atoms with Gasteiger partial charge in [0.25, 0.3) is 5.91 Å². The Morgan fingerprint density at radius 2 is 1.97 bits per heavy atom. The number of rotatable bonds is 7. The number of carbonyl (C=O) groups excluding carboxylic acids is 2. The highest BCUT2D eigenvalue weighted by Crippen LogP contribution is 2.24. The maximum atomic E-state index is 12.7. The van der Waals surface area contributed by atoms with Crippen molar-refractivity contribution in [2.45, 2.75) is 63.6 Å². The van der Waals surface area contributed by atoms with Gasteiger partial charge in [0.15, 0.2) is 0 Å². The molecule has 2 fully saturated rings. The largest absolute Gasteiger partial charge is 0.376 e. The average molecular weight is 435 g/mol. The van der Waals surface area contributed by atoms with Gasteiger partial charge in [0, 0.05) is 41.9 Å². The van der Waals surface area contributed by atoms with E-state index in [-0.39, 0.29) is 36.1 Å². The van der Waals surface area contributed by atoms with Crippen molar-refractivity contribution in [1.29, 1.82) is 5.26 Å². The summed E-state index contributed by atoms with van der Waals surface area (Å²) >= 11 is 0. The second-order valence-electron chi connectivity index (χ2n) is 8.65. The van der Waals surface area contributed by atoms with E-state index in [4.69, 9.17) is 4.74 Å². The standard InChI is InChI=1S/C25H30N4O3/c26-14-18(25(31)28-20-7-2-1-3-8-20)13-19-16-29(23-11-5-4-10-22(19)23)17-24(30)27-15-21-9-6-12-32-21/h4-5,10-11,13,16,20-21H,1-3,6-9,12,15,17H2,(H,27,30)(H,28,31)/b18-13+. The summed E-state index contributed by atoms with van der Waals surface area (Å²) < 4.78 is 7.42. The third-order valence-corrected chi connectivity index (χ3v) is 6.29. The molecule has 1 saturated heterocycles. The molecule has 2 N–H and O–H groups in total. The Hall–Kier alpha value is -3.11. The number of ether oxygens (including phenoxy) is 1. The molecule has 1 saturated carbocycles. The molecule has 2 heterocycles. The average Bonchev–Trinajstić information content (AvgIpc) is 3.45. The minimum atomic E-state index is -0.328. The minimum absolute atomic E-state index is 0.0845. The lowest BCUT2D eigenvalue weighted by Gasteiger charge is -2.22. The van der Waals surface area contributed by atoms with E-state index >= 15 is 0 Å². The van der Waals surface area contributed by atoms with Gasteiger partial charge in [0.2, 0.25) is 5.91 Å². The molecule has 7 heteroatoms. The zero-order chi connectivity index (χ0) is 22.3. The van der Waals surface area contributed by atoms with Crippen molar-refractivity contribution >= 4 is 28.8 Å². The van der Waals surface area contributed by atoms with Crippen LogP contribution < -0.4 is 10.6 Å². The number of nitrogens with zero attached hydrogens (tertiary/aromatic N) is 2. The highest BCUT2D eigenvalue weighted by molar-refractivity contribution is 6.04. The van der Waals surface area contributed by atoms with Crippen LogP contribution in [0.15, 0.2) is 36.0 Å². The van der Waals surface area contributed by atoms with Crippen molar-refractivity contribution in [3.05, 3.63) is 41.6 Å². The number of carbonyl (C=O) groups is 2. The summed E-state index contributed by atoms with van der Waals surface area (Å²) in [5.41, 5.74) is 1.72. The number of nitrogens with one attached hydrogen (secondary N) is 2. The van der Waals surface area contributed by atoms with Crippen LogP contribution in [0.2, 0.25) is 0 Å². The fourth-order valence-electron chi connectivity index (χ4n) is 4.58. The van der Waals surface area contributed by atoms with E-state index in [0.29, 0.717) is 6.54 Å². The van der Waals surface area contributed by atoms with Gasteiger partial charge in [-0.1, -0.05) is 37.5 Å². The van der Waals surface area contributed by atoms with Crippen molar-refractivity contribution in [3.63, 3.8) is 0 Å². The third kappa shape index (κ3) is 5.38. The Labute approximate surface area is 188 Å². The zero-order valence-corrected chi connectivity index (χ0v) is 18.3. The van der Waals surface area contributed by atoms with Gasteiger partial charge in [0.05, 0.1) is 6.10 Å². The molecule has 4 rings (SSSR count). The molecule has 2 aliphatic rings. The second kappa shape index (κ2) is 10.5. The summed E-state index contributed by atoms with van der Waals surface area (Å²) in [7, 11) is 0. The second-order valence-corrected chi connectivity index (χ2v) is 8.65. The molecule has 168 valence electrons. The molecule has 0 radical (unpaired) electrons. The summed E-state index contributed by atoms with van der Waals surface area (Å²) in [4.78, 5) is 25.2. The van der Waals surface area contributed by atoms with E-state index in [9.17, 15) is 14.9 Å². The summed E-state index contributed by atoms with van der Waals surface area (Å²) in [6, 6.07) is 9.90. The maximum Gasteiger partial charge on any atom is 0.262 e. The van der Waals surface area contributed by atoms with Crippen molar-refractivity contribution < 1.29 is 14.3 Å². The van der Waals surface area contributed by atoms with Crippen LogP contribution in [0.1, 0.15) is 50.5 Å². The number of amides is 2. The molecule has 2 aromatic rings. The van der Waals surface area contributed by atoms with Crippen molar-refractivity contribution in [3.8, 4) is 6.07 Å². The highest BCUT2D eigenvalue weighted by atomic mass is 16.5. The molecule has 0 spiro atoms. The first-order valence-corrected chi connectivity index (χ1v) is 11.5. The van der Waals surface area contributed by atoms with Crippen LogP contribution in [0.25, 0.3) is 17.0 Å². The molecule has 1 unspecified atom stereocenters. The minimum Gasteiger partial charge on any atom is -0.376 e. The molecule has 1 aromatic carbocycles. The molecule has 1 aliphatic carbocycles. The van der Waals surface area contributed by atoms with Crippen molar-refractivity contribution in [1.82, 2.24) is 15.2 Å². The van der Waals surface area contributed by atoms with Crippen LogP contribution in [-0.4, -0.2) is 41.7 Å². The number of benzene rings is 1. The van der Waals surface area contributed by atoms with Gasteiger partial charge < -0.3 is 19.9 Å². The van der Waals surface area contributed by atoms with E-state index in [1.54, 1.807) is 6.08 Å². The van der Waals surface area contributed by atoms with Gasteiger partial charge in [-0.2, -0.15) is 5.26 Å². The normalized spacial score (nSPS) is 19.6. The van der Waals surface area contributed by atoms with E-state index in [0.717, 1.165) is 61.6 Å².